The summed E-state index contributed by atoms with van der Waals surface area (Å²) in [6.07, 6.45) is 3.94. The Morgan fingerprint density at radius 3 is 2.58 bits per heavy atom. The quantitative estimate of drug-likeness (QED) is 0.220. The lowest BCUT2D eigenvalue weighted by Crippen LogP contribution is -2.39. The zero-order chi connectivity index (χ0) is 28.0. The van der Waals surface area contributed by atoms with Crippen molar-refractivity contribution >= 4 is 58.3 Å². The molecule has 2 aliphatic heterocycles. The van der Waals surface area contributed by atoms with Gasteiger partial charge < -0.3 is 9.64 Å². The summed E-state index contributed by atoms with van der Waals surface area (Å²) in [5.74, 6) is -0.451. The van der Waals surface area contributed by atoms with Crippen molar-refractivity contribution < 1.29 is 9.53 Å². The number of ether oxygens (including phenoxy) is 1. The van der Waals surface area contributed by atoms with Gasteiger partial charge in [0.15, 0.2) is 4.80 Å². The van der Waals surface area contributed by atoms with Crippen LogP contribution in [0.15, 0.2) is 102 Å². The molecule has 0 fully saturated rings. The summed E-state index contributed by atoms with van der Waals surface area (Å²) in [6, 6.07) is 22.0. The Morgan fingerprint density at radius 2 is 1.82 bits per heavy atom. The Balaban J connectivity index is 1.46. The Bertz CT molecular complexity index is 1860. The maximum atomic E-state index is 14.0. The van der Waals surface area contributed by atoms with E-state index in [1.165, 1.54) is 21.9 Å². The van der Waals surface area contributed by atoms with Crippen LogP contribution in [0.25, 0.3) is 6.08 Å². The fourth-order valence-electron chi connectivity index (χ4n) is 5.09. The van der Waals surface area contributed by atoms with E-state index < -0.39 is 12.0 Å². The van der Waals surface area contributed by atoms with Crippen molar-refractivity contribution in [2.45, 2.75) is 34.6 Å². The normalized spacial score (nSPS) is 16.2. The molecule has 4 aromatic rings. The molecule has 3 heterocycles. The third-order valence-electron chi connectivity index (χ3n) is 7.04. The van der Waals surface area contributed by atoms with Gasteiger partial charge in [-0.1, -0.05) is 53.4 Å². The second-order valence-electron chi connectivity index (χ2n) is 9.43. The predicted octanol–water partition coefficient (Wildman–Crippen LogP) is 5.75. The fourth-order valence-corrected chi connectivity index (χ4v) is 7.75. The zero-order valence-corrected chi connectivity index (χ0v) is 25.0. The highest BCUT2D eigenvalue weighted by atomic mass is 32.2. The van der Waals surface area contributed by atoms with E-state index in [2.05, 4.69) is 42.3 Å². The van der Waals surface area contributed by atoms with E-state index in [1.54, 1.807) is 35.0 Å². The molecule has 0 saturated heterocycles. The molecule has 1 atom stereocenters. The van der Waals surface area contributed by atoms with Crippen LogP contribution in [-0.2, 0) is 9.53 Å². The summed E-state index contributed by atoms with van der Waals surface area (Å²) in [7, 11) is 2.07. The highest BCUT2D eigenvalue weighted by Crippen LogP contribution is 2.47. The molecule has 0 bridgehead atoms. The monoisotopic (exact) mass is 585 g/mol. The molecule has 0 aliphatic carbocycles. The average molecular weight is 586 g/mol. The van der Waals surface area contributed by atoms with Crippen LogP contribution in [-0.4, -0.2) is 30.4 Å². The van der Waals surface area contributed by atoms with E-state index in [0.717, 1.165) is 26.6 Å². The van der Waals surface area contributed by atoms with Gasteiger partial charge in [0.1, 0.15) is 0 Å². The molecule has 0 N–H and O–H groups in total. The molecule has 6 rings (SSSR count). The van der Waals surface area contributed by atoms with Gasteiger partial charge in [-0.25, -0.2) is 9.79 Å². The second-order valence-corrected chi connectivity index (χ2v) is 12.4. The van der Waals surface area contributed by atoms with Gasteiger partial charge in [0.05, 0.1) is 39.8 Å². The van der Waals surface area contributed by atoms with Crippen molar-refractivity contribution in [3.63, 3.8) is 0 Å². The number of carbonyl (C=O) groups is 1. The van der Waals surface area contributed by atoms with Gasteiger partial charge >= 0.3 is 5.97 Å². The van der Waals surface area contributed by atoms with Gasteiger partial charge in [-0.3, -0.25) is 9.36 Å². The number of hydrogen-bond acceptors (Lipinski definition) is 8. The maximum absolute atomic E-state index is 14.0. The number of hydrogen-bond donors (Lipinski definition) is 0. The van der Waals surface area contributed by atoms with Crippen LogP contribution in [0.5, 0.6) is 0 Å². The minimum Gasteiger partial charge on any atom is -0.463 e. The third-order valence-corrected chi connectivity index (χ3v) is 9.88. The lowest BCUT2D eigenvalue weighted by molar-refractivity contribution is -0.139. The molecule has 0 spiro atoms. The number of thioether (sulfide) groups is 1. The first kappa shape index (κ1) is 26.7. The molecule has 1 aromatic heterocycles. The lowest BCUT2D eigenvalue weighted by atomic mass is 9.96. The third kappa shape index (κ3) is 4.62. The summed E-state index contributed by atoms with van der Waals surface area (Å²) < 4.78 is 7.61. The maximum Gasteiger partial charge on any atom is 0.338 e. The molecule has 0 radical (unpaired) electrons. The number of benzene rings is 3. The number of carbonyl (C=O) groups excluding carboxylic acids is 1. The van der Waals surface area contributed by atoms with Crippen LogP contribution in [0, 0.1) is 0 Å². The Labute approximate surface area is 244 Å². The molecule has 3 aromatic carbocycles. The predicted molar refractivity (Wildman–Crippen MR) is 164 cm³/mol. The van der Waals surface area contributed by atoms with Gasteiger partial charge in [0, 0.05) is 21.7 Å². The number of allylic oxidation sites excluding steroid dienone is 1. The number of rotatable bonds is 5. The summed E-state index contributed by atoms with van der Waals surface area (Å²) in [5.41, 5.74) is 4.87. The van der Waals surface area contributed by atoms with Gasteiger partial charge in [-0.05, 0) is 73.7 Å². The van der Waals surface area contributed by atoms with E-state index in [9.17, 15) is 9.59 Å². The SMILES string of the molecule is CCOC(=O)C1=C(C)N=c2s/c(=C/c3ccc4c(c3)Sc3ccccc3N4C)c(=O)n2[C@@H]1c1ccc(SC)cc1. The first-order chi connectivity index (χ1) is 19.4. The fraction of sp³-hybridized carbons (Fsp3) is 0.194. The Hall–Kier alpha value is -3.53. The number of esters is 1. The number of para-hydroxylation sites is 1. The minimum absolute atomic E-state index is 0.176. The van der Waals surface area contributed by atoms with Crippen molar-refractivity contribution in [3.05, 3.63) is 109 Å². The van der Waals surface area contributed by atoms with Crippen LogP contribution in [0.3, 0.4) is 0 Å². The van der Waals surface area contributed by atoms with Crippen molar-refractivity contribution in [1.29, 1.82) is 0 Å². The van der Waals surface area contributed by atoms with Crippen LogP contribution < -0.4 is 19.8 Å². The number of thiazole rings is 1. The van der Waals surface area contributed by atoms with Crippen LogP contribution >= 0.6 is 34.9 Å². The first-order valence-corrected chi connectivity index (χ1v) is 15.7. The number of fused-ring (bicyclic) bond motifs is 3. The van der Waals surface area contributed by atoms with Crippen molar-refractivity contribution in [1.82, 2.24) is 4.57 Å². The zero-order valence-electron chi connectivity index (χ0n) is 22.5. The summed E-state index contributed by atoms with van der Waals surface area (Å²) in [5, 5.41) is 0. The van der Waals surface area contributed by atoms with Gasteiger partial charge in [0.2, 0.25) is 0 Å². The van der Waals surface area contributed by atoms with Gasteiger partial charge in [-0.2, -0.15) is 0 Å². The van der Waals surface area contributed by atoms with E-state index in [4.69, 9.17) is 9.73 Å². The van der Waals surface area contributed by atoms with Gasteiger partial charge in [-0.15, -0.1) is 11.8 Å². The van der Waals surface area contributed by atoms with Crippen LogP contribution in [0.1, 0.15) is 31.0 Å². The smallest absolute Gasteiger partial charge is 0.338 e. The van der Waals surface area contributed by atoms with Crippen LogP contribution in [0.2, 0.25) is 0 Å². The molecule has 2 aliphatic rings. The summed E-state index contributed by atoms with van der Waals surface area (Å²) in [6.45, 7) is 3.83. The van der Waals surface area contributed by atoms with Crippen LogP contribution in [0.4, 0.5) is 11.4 Å². The van der Waals surface area contributed by atoms with Crippen molar-refractivity contribution in [3.8, 4) is 0 Å². The largest absolute Gasteiger partial charge is 0.463 e. The molecular weight excluding hydrogens is 559 g/mol. The highest BCUT2D eigenvalue weighted by molar-refractivity contribution is 7.99. The lowest BCUT2D eigenvalue weighted by Gasteiger charge is -2.29. The average Bonchev–Trinajstić information content (AvgIpc) is 3.26. The molecular formula is C31H27N3O3S3. The van der Waals surface area contributed by atoms with Gasteiger partial charge in [0.25, 0.3) is 5.56 Å². The molecule has 0 saturated carbocycles. The molecule has 0 amide bonds. The second kappa shape index (κ2) is 10.8. The Morgan fingerprint density at radius 1 is 1.07 bits per heavy atom. The van der Waals surface area contributed by atoms with Crippen molar-refractivity contribution in [2.75, 3.05) is 24.8 Å². The van der Waals surface area contributed by atoms with E-state index in [-0.39, 0.29) is 12.2 Å². The van der Waals surface area contributed by atoms with E-state index in [1.807, 2.05) is 55.7 Å². The highest BCUT2D eigenvalue weighted by Gasteiger charge is 2.33. The number of nitrogens with zero attached hydrogens (tertiary/aromatic N) is 3. The first-order valence-electron chi connectivity index (χ1n) is 12.9. The summed E-state index contributed by atoms with van der Waals surface area (Å²) in [4.78, 5) is 38.0. The minimum atomic E-state index is -0.613. The number of anilines is 2. The van der Waals surface area contributed by atoms with Crippen molar-refractivity contribution in [2.24, 2.45) is 4.99 Å². The Kier molecular flexibility index (Phi) is 7.20. The topological polar surface area (TPSA) is 63.9 Å². The standard InChI is InChI=1S/C31H27N3O3S3/c1-5-37-30(36)27-18(2)32-31-34(28(27)20-11-13-21(38-4)14-12-20)29(35)26(40-31)17-19-10-15-23-25(16-19)39-24-9-7-6-8-22(24)33(23)3/h6-17,28H,5H2,1-4H3/b26-17+/t28-/m1/s1. The molecule has 9 heteroatoms. The van der Waals surface area contributed by atoms with E-state index >= 15 is 0 Å². The molecule has 40 heavy (non-hydrogen) atoms. The van der Waals surface area contributed by atoms with E-state index in [0.29, 0.717) is 20.6 Å². The molecule has 0 unspecified atom stereocenters. The molecule has 6 nitrogen and oxygen atoms in total. The number of aromatic nitrogens is 1. The summed E-state index contributed by atoms with van der Waals surface area (Å²) >= 11 is 4.71. The molecule has 202 valence electrons.